The Hall–Kier alpha value is -3.35. The van der Waals surface area contributed by atoms with E-state index in [1.807, 2.05) is 49.4 Å². The molecule has 0 aliphatic carbocycles. The second-order valence-electron chi connectivity index (χ2n) is 6.83. The predicted octanol–water partition coefficient (Wildman–Crippen LogP) is 4.24. The average Bonchev–Trinajstić information content (AvgIpc) is 3.31. The summed E-state index contributed by atoms with van der Waals surface area (Å²) in [5.74, 6) is 2.37. The van der Waals surface area contributed by atoms with E-state index < -0.39 is 0 Å². The van der Waals surface area contributed by atoms with Crippen molar-refractivity contribution in [3.05, 3.63) is 54.0 Å². The van der Waals surface area contributed by atoms with Gasteiger partial charge in [0.25, 0.3) is 0 Å². The zero-order chi connectivity index (χ0) is 20.4. The highest BCUT2D eigenvalue weighted by molar-refractivity contribution is 6.49. The summed E-state index contributed by atoms with van der Waals surface area (Å²) >= 11 is 0. The van der Waals surface area contributed by atoms with E-state index >= 15 is 0 Å². The molecule has 0 amide bonds. The van der Waals surface area contributed by atoms with Crippen LogP contribution in [0.2, 0.25) is 0 Å². The normalized spacial score (nSPS) is 14.2. The van der Waals surface area contributed by atoms with Crippen molar-refractivity contribution in [2.75, 3.05) is 18.0 Å². The number of aliphatic imine (C=N–C) groups is 1. The SMILES string of the molecule is CCC1=Nn2c(nnc2-c2ccccc2)C1=Nc1ccc(N(CC)CC)nc1C. The Morgan fingerprint density at radius 2 is 1.66 bits per heavy atom. The first-order valence-corrected chi connectivity index (χ1v) is 10.1. The number of hydrogen-bond donors (Lipinski definition) is 0. The quantitative estimate of drug-likeness (QED) is 0.634. The molecule has 0 saturated carbocycles. The fourth-order valence-electron chi connectivity index (χ4n) is 3.44. The van der Waals surface area contributed by atoms with Gasteiger partial charge < -0.3 is 4.90 Å². The molecule has 3 heterocycles. The van der Waals surface area contributed by atoms with Gasteiger partial charge in [-0.15, -0.1) is 10.2 Å². The minimum Gasteiger partial charge on any atom is -0.357 e. The zero-order valence-corrected chi connectivity index (χ0v) is 17.3. The van der Waals surface area contributed by atoms with Crippen LogP contribution in [0.4, 0.5) is 11.5 Å². The number of fused-ring (bicyclic) bond motifs is 1. The Labute approximate surface area is 170 Å². The second-order valence-corrected chi connectivity index (χ2v) is 6.83. The molecule has 0 fully saturated rings. The van der Waals surface area contributed by atoms with Crippen LogP contribution in [0, 0.1) is 6.92 Å². The number of benzene rings is 1. The van der Waals surface area contributed by atoms with Crippen LogP contribution < -0.4 is 4.90 Å². The number of pyridine rings is 1. The Morgan fingerprint density at radius 1 is 0.931 bits per heavy atom. The summed E-state index contributed by atoms with van der Waals surface area (Å²) in [4.78, 5) is 11.9. The molecule has 0 saturated heterocycles. The van der Waals surface area contributed by atoms with E-state index in [-0.39, 0.29) is 0 Å². The fourth-order valence-corrected chi connectivity index (χ4v) is 3.44. The maximum absolute atomic E-state index is 4.89. The predicted molar refractivity (Wildman–Crippen MR) is 117 cm³/mol. The van der Waals surface area contributed by atoms with Crippen LogP contribution in [-0.2, 0) is 0 Å². The van der Waals surface area contributed by atoms with Crippen molar-refractivity contribution in [3.63, 3.8) is 0 Å². The number of rotatable bonds is 6. The first-order valence-electron chi connectivity index (χ1n) is 10.1. The van der Waals surface area contributed by atoms with Crippen LogP contribution in [0.3, 0.4) is 0 Å². The van der Waals surface area contributed by atoms with Crippen molar-refractivity contribution in [2.45, 2.75) is 34.1 Å². The van der Waals surface area contributed by atoms with Gasteiger partial charge in [-0.2, -0.15) is 9.78 Å². The number of aromatic nitrogens is 4. The molecule has 148 valence electrons. The minimum absolute atomic E-state index is 0.674. The smallest absolute Gasteiger partial charge is 0.205 e. The maximum atomic E-state index is 4.89. The van der Waals surface area contributed by atoms with Crippen molar-refractivity contribution in [3.8, 4) is 11.4 Å². The first kappa shape index (κ1) is 19.0. The summed E-state index contributed by atoms with van der Waals surface area (Å²) in [6.07, 6.45) is 0.764. The molecule has 7 heteroatoms. The van der Waals surface area contributed by atoms with Crippen LogP contribution in [0.1, 0.15) is 38.7 Å². The third-order valence-electron chi connectivity index (χ3n) is 5.08. The molecule has 7 nitrogen and oxygen atoms in total. The summed E-state index contributed by atoms with van der Waals surface area (Å²) in [6, 6.07) is 14.0. The standard InChI is InChI=1S/C22H25N7/c1-5-17-20(24-18-13-14-19(23-15(18)4)28(6-2)7-3)22-26-25-21(29(22)27-17)16-11-9-8-10-12-16/h8-14H,5-7H2,1-4H3. The molecule has 0 radical (unpaired) electrons. The van der Waals surface area contributed by atoms with Crippen molar-refractivity contribution >= 4 is 22.9 Å². The van der Waals surface area contributed by atoms with Gasteiger partial charge in [-0.1, -0.05) is 37.3 Å². The molecule has 3 aromatic rings. The Bertz CT molecular complexity index is 1080. The average molecular weight is 387 g/mol. The van der Waals surface area contributed by atoms with Gasteiger partial charge in [-0.05, 0) is 39.3 Å². The van der Waals surface area contributed by atoms with Gasteiger partial charge in [0.2, 0.25) is 5.82 Å². The van der Waals surface area contributed by atoms with E-state index in [0.29, 0.717) is 5.82 Å². The van der Waals surface area contributed by atoms with Crippen molar-refractivity contribution in [1.82, 2.24) is 19.9 Å². The Morgan fingerprint density at radius 3 is 2.31 bits per heavy atom. The van der Waals surface area contributed by atoms with Crippen LogP contribution in [0.15, 0.2) is 52.6 Å². The Kier molecular flexibility index (Phi) is 5.20. The van der Waals surface area contributed by atoms with Crippen LogP contribution in [0.5, 0.6) is 0 Å². The second kappa shape index (κ2) is 7.95. The highest BCUT2D eigenvalue weighted by atomic mass is 15.5. The van der Waals surface area contributed by atoms with E-state index in [2.05, 4.69) is 35.9 Å². The van der Waals surface area contributed by atoms with Gasteiger partial charge in [-0.25, -0.2) is 9.98 Å². The lowest BCUT2D eigenvalue weighted by atomic mass is 10.2. The van der Waals surface area contributed by atoms with Gasteiger partial charge in [0.1, 0.15) is 11.5 Å². The Balaban J connectivity index is 1.75. The molecule has 0 bridgehead atoms. The van der Waals surface area contributed by atoms with Crippen molar-refractivity contribution in [1.29, 1.82) is 0 Å². The van der Waals surface area contributed by atoms with Gasteiger partial charge >= 0.3 is 0 Å². The third-order valence-corrected chi connectivity index (χ3v) is 5.08. The number of hydrogen-bond acceptors (Lipinski definition) is 6. The molecule has 0 spiro atoms. The molecule has 4 rings (SSSR count). The molecule has 29 heavy (non-hydrogen) atoms. The van der Waals surface area contributed by atoms with Gasteiger partial charge in [-0.3, -0.25) is 0 Å². The molecule has 1 aliphatic heterocycles. The van der Waals surface area contributed by atoms with Crippen molar-refractivity contribution < 1.29 is 0 Å². The molecule has 1 aliphatic rings. The zero-order valence-electron chi connectivity index (χ0n) is 17.3. The van der Waals surface area contributed by atoms with Gasteiger partial charge in [0.05, 0.1) is 17.1 Å². The molecule has 2 aromatic heterocycles. The number of anilines is 1. The van der Waals surface area contributed by atoms with E-state index in [0.717, 1.165) is 59.5 Å². The van der Waals surface area contributed by atoms with E-state index in [1.165, 1.54) is 0 Å². The molecule has 0 atom stereocenters. The van der Waals surface area contributed by atoms with E-state index in [9.17, 15) is 0 Å². The largest absolute Gasteiger partial charge is 0.357 e. The van der Waals surface area contributed by atoms with E-state index in [1.54, 1.807) is 4.68 Å². The fraction of sp³-hybridized carbons (Fsp3) is 0.318. The molecule has 0 unspecified atom stereocenters. The monoisotopic (exact) mass is 387 g/mol. The van der Waals surface area contributed by atoms with Crippen LogP contribution >= 0.6 is 0 Å². The van der Waals surface area contributed by atoms with Gasteiger partial charge in [0, 0.05) is 18.7 Å². The summed E-state index contributed by atoms with van der Waals surface area (Å²) < 4.78 is 1.79. The highest BCUT2D eigenvalue weighted by Gasteiger charge is 2.28. The van der Waals surface area contributed by atoms with Gasteiger partial charge in [0.15, 0.2) is 5.82 Å². The van der Waals surface area contributed by atoms with E-state index in [4.69, 9.17) is 15.1 Å². The lowest BCUT2D eigenvalue weighted by Crippen LogP contribution is -2.23. The topological polar surface area (TPSA) is 71.6 Å². The first-order chi connectivity index (χ1) is 14.2. The lowest BCUT2D eigenvalue weighted by Gasteiger charge is -2.20. The van der Waals surface area contributed by atoms with Crippen molar-refractivity contribution in [2.24, 2.45) is 10.1 Å². The molecule has 0 N–H and O–H groups in total. The number of aryl methyl sites for hydroxylation is 1. The summed E-state index contributed by atoms with van der Waals surface area (Å²) in [5, 5.41) is 13.5. The van der Waals surface area contributed by atoms with Crippen LogP contribution in [0.25, 0.3) is 11.4 Å². The summed E-state index contributed by atoms with van der Waals surface area (Å²) in [5.41, 5.74) is 4.36. The summed E-state index contributed by atoms with van der Waals surface area (Å²) in [7, 11) is 0. The number of nitrogens with zero attached hydrogens (tertiary/aromatic N) is 7. The highest BCUT2D eigenvalue weighted by Crippen LogP contribution is 2.26. The molecular weight excluding hydrogens is 362 g/mol. The third kappa shape index (κ3) is 3.44. The maximum Gasteiger partial charge on any atom is 0.205 e. The van der Waals surface area contributed by atoms with Crippen LogP contribution in [-0.4, -0.2) is 44.4 Å². The molecule has 1 aromatic carbocycles. The minimum atomic E-state index is 0.674. The summed E-state index contributed by atoms with van der Waals surface area (Å²) in [6.45, 7) is 10.2. The molecular formula is C22H25N7. The lowest BCUT2D eigenvalue weighted by molar-refractivity contribution is 0.842.